The van der Waals surface area contributed by atoms with Crippen LogP contribution in [0.2, 0.25) is 0 Å². The van der Waals surface area contributed by atoms with Crippen molar-refractivity contribution in [1.29, 1.82) is 0 Å². The number of hydrogen-bond donors (Lipinski definition) is 0. The Balaban J connectivity index is 1.30. The molecule has 11 heteroatoms. The lowest BCUT2D eigenvalue weighted by Gasteiger charge is -2.29. The standard InChI is InChI=1S/C22H21F3N2O5S/c23-22(24,25)33(30,31)32-17-8-7-15-9-12-26(14-16(15)13-17)10-3-4-11-27-20(28)18-5-1-2-6-19(18)21(27)29/h1-2,5-8,13H,3-4,9-12,14H2. The molecule has 0 aromatic heterocycles. The van der Waals surface area contributed by atoms with Crippen molar-refractivity contribution in [1.82, 2.24) is 9.80 Å². The Labute approximate surface area is 188 Å². The Hall–Kier alpha value is -2.92. The fourth-order valence-electron chi connectivity index (χ4n) is 4.06. The van der Waals surface area contributed by atoms with Gasteiger partial charge in [-0.05, 0) is 61.2 Å². The highest BCUT2D eigenvalue weighted by molar-refractivity contribution is 7.88. The second-order valence-corrected chi connectivity index (χ2v) is 9.49. The van der Waals surface area contributed by atoms with E-state index in [-0.39, 0.29) is 17.6 Å². The van der Waals surface area contributed by atoms with Gasteiger partial charge in [-0.2, -0.15) is 21.6 Å². The van der Waals surface area contributed by atoms with Crippen LogP contribution in [-0.4, -0.2) is 55.2 Å². The van der Waals surface area contributed by atoms with E-state index < -0.39 is 15.6 Å². The van der Waals surface area contributed by atoms with Gasteiger partial charge in [0, 0.05) is 19.6 Å². The molecule has 0 fully saturated rings. The van der Waals surface area contributed by atoms with Gasteiger partial charge in [-0.1, -0.05) is 18.2 Å². The lowest BCUT2D eigenvalue weighted by molar-refractivity contribution is -0.0500. The first-order valence-corrected chi connectivity index (χ1v) is 11.8. The normalized spacial score (nSPS) is 16.6. The molecule has 2 amide bonds. The number of amides is 2. The molecule has 2 aliphatic heterocycles. The predicted molar refractivity (Wildman–Crippen MR) is 112 cm³/mol. The van der Waals surface area contributed by atoms with Crippen molar-refractivity contribution < 1.29 is 35.4 Å². The fraction of sp³-hybridized carbons (Fsp3) is 0.364. The monoisotopic (exact) mass is 482 g/mol. The molecule has 7 nitrogen and oxygen atoms in total. The molecule has 176 valence electrons. The molecule has 0 aliphatic carbocycles. The van der Waals surface area contributed by atoms with Gasteiger partial charge < -0.3 is 4.18 Å². The number of carbonyl (C=O) groups is 2. The van der Waals surface area contributed by atoms with Gasteiger partial charge in [0.15, 0.2) is 0 Å². The number of fused-ring (bicyclic) bond motifs is 2. The molecule has 0 saturated heterocycles. The summed E-state index contributed by atoms with van der Waals surface area (Å²) in [5, 5.41) is 0. The molecule has 2 aliphatic rings. The van der Waals surface area contributed by atoms with Crippen LogP contribution in [0.25, 0.3) is 0 Å². The minimum absolute atomic E-state index is 0.288. The summed E-state index contributed by atoms with van der Waals surface area (Å²) in [5.74, 6) is -0.953. The molecular weight excluding hydrogens is 461 g/mol. The van der Waals surface area contributed by atoms with Crippen LogP contribution in [0.3, 0.4) is 0 Å². The van der Waals surface area contributed by atoms with Crippen LogP contribution < -0.4 is 4.18 Å². The Morgan fingerprint density at radius 1 is 0.909 bits per heavy atom. The van der Waals surface area contributed by atoms with Crippen LogP contribution in [-0.2, 0) is 23.1 Å². The number of alkyl halides is 3. The van der Waals surface area contributed by atoms with Gasteiger partial charge in [0.2, 0.25) is 0 Å². The summed E-state index contributed by atoms with van der Waals surface area (Å²) in [6.45, 7) is 2.14. The van der Waals surface area contributed by atoms with E-state index >= 15 is 0 Å². The second kappa shape index (κ2) is 8.79. The van der Waals surface area contributed by atoms with Crippen molar-refractivity contribution in [3.8, 4) is 5.75 Å². The third-order valence-electron chi connectivity index (χ3n) is 5.74. The average Bonchev–Trinajstić information content (AvgIpc) is 3.00. The molecule has 33 heavy (non-hydrogen) atoms. The highest BCUT2D eigenvalue weighted by Gasteiger charge is 2.48. The first-order valence-electron chi connectivity index (χ1n) is 10.4. The van der Waals surface area contributed by atoms with Crippen LogP contribution in [0.15, 0.2) is 42.5 Å². The summed E-state index contributed by atoms with van der Waals surface area (Å²) in [5.41, 5.74) is -3.03. The molecule has 2 aromatic rings. The number of rotatable bonds is 7. The number of benzene rings is 2. The van der Waals surface area contributed by atoms with E-state index in [2.05, 4.69) is 9.08 Å². The Morgan fingerprint density at radius 3 is 2.18 bits per heavy atom. The number of imide groups is 1. The fourth-order valence-corrected chi connectivity index (χ4v) is 4.51. The van der Waals surface area contributed by atoms with Crippen LogP contribution >= 0.6 is 0 Å². The Morgan fingerprint density at radius 2 is 1.55 bits per heavy atom. The molecule has 0 N–H and O–H groups in total. The highest BCUT2D eigenvalue weighted by atomic mass is 32.2. The van der Waals surface area contributed by atoms with Gasteiger partial charge in [-0.3, -0.25) is 19.4 Å². The van der Waals surface area contributed by atoms with Crippen LogP contribution in [0.5, 0.6) is 5.75 Å². The third kappa shape index (κ3) is 4.74. The molecule has 4 rings (SSSR count). The average molecular weight is 482 g/mol. The molecule has 0 spiro atoms. The van der Waals surface area contributed by atoms with E-state index in [1.165, 1.54) is 17.0 Å². The third-order valence-corrected chi connectivity index (χ3v) is 6.72. The zero-order chi connectivity index (χ0) is 23.8. The van der Waals surface area contributed by atoms with Crippen LogP contribution in [0.4, 0.5) is 13.2 Å². The molecule has 2 heterocycles. The van der Waals surface area contributed by atoms with Gasteiger partial charge >= 0.3 is 15.6 Å². The smallest absolute Gasteiger partial charge is 0.376 e. The van der Waals surface area contributed by atoms with Gasteiger partial charge in [-0.15, -0.1) is 0 Å². The van der Waals surface area contributed by atoms with Crippen LogP contribution in [0, 0.1) is 0 Å². The van der Waals surface area contributed by atoms with E-state index in [1.807, 2.05) is 0 Å². The minimum atomic E-state index is -5.72. The SMILES string of the molecule is O=C1c2ccccc2C(=O)N1CCCCN1CCc2ccc(OS(=O)(=O)C(F)(F)F)cc2C1. The van der Waals surface area contributed by atoms with Crippen molar-refractivity contribution in [2.24, 2.45) is 0 Å². The number of carbonyl (C=O) groups excluding carboxylic acids is 2. The maximum absolute atomic E-state index is 12.6. The summed E-state index contributed by atoms with van der Waals surface area (Å²) < 4.78 is 64.4. The van der Waals surface area contributed by atoms with Crippen molar-refractivity contribution in [2.45, 2.75) is 31.3 Å². The van der Waals surface area contributed by atoms with E-state index in [4.69, 9.17) is 0 Å². The topological polar surface area (TPSA) is 84.0 Å². The summed E-state index contributed by atoms with van der Waals surface area (Å²) >= 11 is 0. The lowest BCUT2D eigenvalue weighted by atomic mass is 9.99. The number of nitrogens with zero attached hydrogens (tertiary/aromatic N) is 2. The van der Waals surface area contributed by atoms with Crippen molar-refractivity contribution in [3.63, 3.8) is 0 Å². The van der Waals surface area contributed by atoms with Gasteiger partial charge in [0.1, 0.15) is 5.75 Å². The maximum atomic E-state index is 12.6. The summed E-state index contributed by atoms with van der Waals surface area (Å²) in [6, 6.07) is 10.8. The Bertz CT molecular complexity index is 1160. The van der Waals surface area contributed by atoms with Crippen LogP contribution in [0.1, 0.15) is 44.7 Å². The van der Waals surface area contributed by atoms with Gasteiger partial charge in [0.05, 0.1) is 11.1 Å². The zero-order valence-corrected chi connectivity index (χ0v) is 18.3. The summed E-state index contributed by atoms with van der Waals surface area (Å²) in [6.07, 6.45) is 1.99. The van der Waals surface area contributed by atoms with Crippen molar-refractivity contribution >= 4 is 21.9 Å². The Kier molecular flexibility index (Phi) is 6.19. The summed E-state index contributed by atoms with van der Waals surface area (Å²) in [4.78, 5) is 28.1. The van der Waals surface area contributed by atoms with Gasteiger partial charge in [-0.25, -0.2) is 0 Å². The van der Waals surface area contributed by atoms with E-state index in [0.29, 0.717) is 55.6 Å². The summed E-state index contributed by atoms with van der Waals surface area (Å²) in [7, 11) is -5.72. The number of halogens is 3. The first-order chi connectivity index (χ1) is 15.6. The largest absolute Gasteiger partial charge is 0.534 e. The molecule has 0 unspecified atom stereocenters. The van der Waals surface area contributed by atoms with E-state index in [1.54, 1.807) is 30.3 Å². The predicted octanol–water partition coefficient (Wildman–Crippen LogP) is 3.35. The number of hydrogen-bond acceptors (Lipinski definition) is 6. The van der Waals surface area contributed by atoms with E-state index in [0.717, 1.165) is 12.1 Å². The zero-order valence-electron chi connectivity index (χ0n) is 17.5. The van der Waals surface area contributed by atoms with Gasteiger partial charge in [0.25, 0.3) is 11.8 Å². The minimum Gasteiger partial charge on any atom is -0.376 e. The molecular formula is C22H21F3N2O5S. The lowest BCUT2D eigenvalue weighted by Crippen LogP contribution is -2.33. The molecule has 2 aromatic carbocycles. The molecule has 0 radical (unpaired) electrons. The quantitative estimate of drug-likeness (QED) is 0.261. The molecule has 0 atom stereocenters. The van der Waals surface area contributed by atoms with Crippen molar-refractivity contribution in [3.05, 3.63) is 64.7 Å². The molecule has 0 bridgehead atoms. The maximum Gasteiger partial charge on any atom is 0.534 e. The van der Waals surface area contributed by atoms with Crippen molar-refractivity contribution in [2.75, 3.05) is 19.6 Å². The highest BCUT2D eigenvalue weighted by Crippen LogP contribution is 2.30. The van der Waals surface area contributed by atoms with E-state index in [9.17, 15) is 31.2 Å². The second-order valence-electron chi connectivity index (χ2n) is 7.95. The molecule has 0 saturated carbocycles. The number of unbranched alkanes of at least 4 members (excludes halogenated alkanes) is 1. The first kappa shape index (κ1) is 23.2.